The molecule has 102 valence electrons. The molecule has 3 heteroatoms. The van der Waals surface area contributed by atoms with E-state index < -0.39 is 0 Å². The number of phenolic OH excluding ortho intramolecular Hbond substituents is 1. The van der Waals surface area contributed by atoms with Crippen LogP contribution in [0.3, 0.4) is 0 Å². The summed E-state index contributed by atoms with van der Waals surface area (Å²) in [4.78, 5) is 0. The lowest BCUT2D eigenvalue weighted by atomic mass is 9.97. The summed E-state index contributed by atoms with van der Waals surface area (Å²) in [5.74, 6) is 0.777. The third kappa shape index (κ3) is 4.00. The first kappa shape index (κ1) is 15.0. The van der Waals surface area contributed by atoms with E-state index in [0.29, 0.717) is 11.7 Å². The first-order valence-corrected chi connectivity index (χ1v) is 6.62. The molecule has 0 fully saturated rings. The minimum absolute atomic E-state index is 0.0730. The summed E-state index contributed by atoms with van der Waals surface area (Å²) in [5.41, 5.74) is 2.05. The van der Waals surface area contributed by atoms with Crippen LogP contribution >= 0.6 is 0 Å². The molecular weight excluding hydrogens is 226 g/mol. The minimum atomic E-state index is 0.0730. The van der Waals surface area contributed by atoms with Crippen LogP contribution in [0.1, 0.15) is 44.4 Å². The fraction of sp³-hybridized carbons (Fsp3) is 0.600. The van der Waals surface area contributed by atoms with Crippen LogP contribution in [0.15, 0.2) is 18.2 Å². The largest absolute Gasteiger partial charge is 0.508 e. The molecule has 0 heterocycles. The zero-order valence-electron chi connectivity index (χ0n) is 11.8. The molecule has 0 radical (unpaired) electrons. The third-order valence-corrected chi connectivity index (χ3v) is 3.36. The van der Waals surface area contributed by atoms with E-state index in [2.05, 4.69) is 19.2 Å². The van der Waals surface area contributed by atoms with Crippen LogP contribution in [0.5, 0.6) is 5.75 Å². The number of hydrogen-bond donors (Lipinski definition) is 3. The van der Waals surface area contributed by atoms with Gasteiger partial charge in [0.2, 0.25) is 0 Å². The van der Waals surface area contributed by atoms with E-state index in [-0.39, 0.29) is 18.7 Å². The maximum atomic E-state index is 9.90. The second-order valence-electron chi connectivity index (χ2n) is 5.31. The molecule has 2 atom stereocenters. The van der Waals surface area contributed by atoms with Gasteiger partial charge in [0, 0.05) is 24.3 Å². The van der Waals surface area contributed by atoms with Crippen LogP contribution in [0.2, 0.25) is 0 Å². The lowest BCUT2D eigenvalue weighted by Crippen LogP contribution is -2.36. The van der Waals surface area contributed by atoms with Crippen molar-refractivity contribution >= 4 is 0 Å². The Kier molecular flexibility index (Phi) is 5.63. The molecule has 3 nitrogen and oxygen atoms in total. The zero-order valence-corrected chi connectivity index (χ0v) is 11.8. The second-order valence-corrected chi connectivity index (χ2v) is 5.31. The SMILES string of the molecule is Cc1ccc(O)c(C(C)NC(CCO)C(C)C)c1. The van der Waals surface area contributed by atoms with Crippen molar-refractivity contribution in [1.29, 1.82) is 0 Å². The van der Waals surface area contributed by atoms with Crippen LogP contribution in [0.4, 0.5) is 0 Å². The molecule has 1 aromatic rings. The Balaban J connectivity index is 2.79. The number of phenols is 1. The molecule has 0 saturated carbocycles. The van der Waals surface area contributed by atoms with E-state index in [1.54, 1.807) is 6.07 Å². The van der Waals surface area contributed by atoms with Crippen molar-refractivity contribution in [3.63, 3.8) is 0 Å². The molecule has 0 aliphatic rings. The molecule has 0 spiro atoms. The highest BCUT2D eigenvalue weighted by molar-refractivity contribution is 5.37. The fourth-order valence-electron chi connectivity index (χ4n) is 2.18. The summed E-state index contributed by atoms with van der Waals surface area (Å²) in [7, 11) is 0. The number of aliphatic hydroxyl groups excluding tert-OH is 1. The van der Waals surface area contributed by atoms with Gasteiger partial charge in [-0.2, -0.15) is 0 Å². The molecule has 0 aliphatic heterocycles. The van der Waals surface area contributed by atoms with Crippen LogP contribution in [0.25, 0.3) is 0 Å². The topological polar surface area (TPSA) is 52.5 Å². The Morgan fingerprint density at radius 2 is 1.89 bits per heavy atom. The molecular formula is C15H25NO2. The lowest BCUT2D eigenvalue weighted by Gasteiger charge is -2.26. The van der Waals surface area contributed by atoms with Gasteiger partial charge in [-0.05, 0) is 32.3 Å². The average molecular weight is 251 g/mol. The van der Waals surface area contributed by atoms with Crippen molar-refractivity contribution in [2.45, 2.75) is 46.2 Å². The summed E-state index contributed by atoms with van der Waals surface area (Å²) in [6.07, 6.45) is 0.731. The Morgan fingerprint density at radius 3 is 2.44 bits per heavy atom. The number of nitrogens with one attached hydrogen (secondary N) is 1. The molecule has 1 aromatic carbocycles. The van der Waals surface area contributed by atoms with Crippen molar-refractivity contribution in [3.8, 4) is 5.75 Å². The van der Waals surface area contributed by atoms with Gasteiger partial charge in [-0.1, -0.05) is 31.5 Å². The predicted octanol–water partition coefficient (Wildman–Crippen LogP) is 2.76. The molecule has 2 unspecified atom stereocenters. The smallest absolute Gasteiger partial charge is 0.120 e. The minimum Gasteiger partial charge on any atom is -0.508 e. The molecule has 1 rings (SSSR count). The Hall–Kier alpha value is -1.06. The first-order chi connectivity index (χ1) is 8.45. The van der Waals surface area contributed by atoms with Crippen molar-refractivity contribution < 1.29 is 10.2 Å². The molecule has 0 saturated heterocycles. The monoisotopic (exact) mass is 251 g/mol. The number of rotatable bonds is 6. The summed E-state index contributed by atoms with van der Waals surface area (Å²) in [6, 6.07) is 5.97. The maximum absolute atomic E-state index is 9.90. The van der Waals surface area contributed by atoms with Crippen molar-refractivity contribution in [2.75, 3.05) is 6.61 Å². The van der Waals surface area contributed by atoms with Gasteiger partial charge >= 0.3 is 0 Å². The van der Waals surface area contributed by atoms with E-state index in [9.17, 15) is 5.11 Å². The Bertz CT molecular complexity index is 377. The molecule has 0 aliphatic carbocycles. The number of aryl methyl sites for hydroxylation is 1. The van der Waals surface area contributed by atoms with Gasteiger partial charge < -0.3 is 15.5 Å². The zero-order chi connectivity index (χ0) is 13.7. The van der Waals surface area contributed by atoms with E-state index in [1.165, 1.54) is 0 Å². The van der Waals surface area contributed by atoms with Crippen LogP contribution in [-0.2, 0) is 0 Å². The quantitative estimate of drug-likeness (QED) is 0.728. The highest BCUT2D eigenvalue weighted by Crippen LogP contribution is 2.26. The van der Waals surface area contributed by atoms with Crippen molar-refractivity contribution in [2.24, 2.45) is 5.92 Å². The predicted molar refractivity (Wildman–Crippen MR) is 74.7 cm³/mol. The number of aliphatic hydroxyl groups is 1. The Labute approximate surface area is 110 Å². The van der Waals surface area contributed by atoms with Gasteiger partial charge in [-0.25, -0.2) is 0 Å². The first-order valence-electron chi connectivity index (χ1n) is 6.62. The standard InChI is InChI=1S/C15H25NO2/c1-10(2)14(7-8-17)16-12(4)13-9-11(3)5-6-15(13)18/h5-6,9-10,12,14,16-18H,7-8H2,1-4H3. The number of aromatic hydroxyl groups is 1. The van der Waals surface area contributed by atoms with E-state index in [0.717, 1.165) is 17.5 Å². The number of hydrogen-bond acceptors (Lipinski definition) is 3. The van der Waals surface area contributed by atoms with E-state index in [1.807, 2.05) is 26.0 Å². The average Bonchev–Trinajstić information content (AvgIpc) is 2.31. The summed E-state index contributed by atoms with van der Waals surface area (Å²) < 4.78 is 0. The molecule has 0 aromatic heterocycles. The van der Waals surface area contributed by atoms with Crippen molar-refractivity contribution in [3.05, 3.63) is 29.3 Å². The maximum Gasteiger partial charge on any atom is 0.120 e. The summed E-state index contributed by atoms with van der Waals surface area (Å²) >= 11 is 0. The lowest BCUT2D eigenvalue weighted by molar-refractivity contribution is 0.236. The van der Waals surface area contributed by atoms with Crippen molar-refractivity contribution in [1.82, 2.24) is 5.32 Å². The van der Waals surface area contributed by atoms with Crippen LogP contribution < -0.4 is 5.32 Å². The van der Waals surface area contributed by atoms with Gasteiger partial charge in [0.15, 0.2) is 0 Å². The van der Waals surface area contributed by atoms with Gasteiger partial charge in [-0.3, -0.25) is 0 Å². The third-order valence-electron chi connectivity index (χ3n) is 3.36. The highest BCUT2D eigenvalue weighted by atomic mass is 16.3. The second kappa shape index (κ2) is 6.76. The summed E-state index contributed by atoms with van der Waals surface area (Å²) in [5, 5.41) is 22.5. The molecule has 18 heavy (non-hydrogen) atoms. The fourth-order valence-corrected chi connectivity index (χ4v) is 2.18. The molecule has 3 N–H and O–H groups in total. The van der Waals surface area contributed by atoms with Gasteiger partial charge in [0.1, 0.15) is 5.75 Å². The van der Waals surface area contributed by atoms with Gasteiger partial charge in [-0.15, -0.1) is 0 Å². The van der Waals surface area contributed by atoms with E-state index >= 15 is 0 Å². The molecule has 0 amide bonds. The highest BCUT2D eigenvalue weighted by Gasteiger charge is 2.18. The van der Waals surface area contributed by atoms with Crippen LogP contribution in [0, 0.1) is 12.8 Å². The number of benzene rings is 1. The van der Waals surface area contributed by atoms with Gasteiger partial charge in [0.05, 0.1) is 0 Å². The molecule has 0 bridgehead atoms. The van der Waals surface area contributed by atoms with Gasteiger partial charge in [0.25, 0.3) is 0 Å². The van der Waals surface area contributed by atoms with Crippen LogP contribution in [-0.4, -0.2) is 22.9 Å². The Morgan fingerprint density at radius 1 is 1.22 bits per heavy atom. The summed E-state index contributed by atoms with van der Waals surface area (Å²) in [6.45, 7) is 8.51. The normalized spacial score (nSPS) is 14.8. The van der Waals surface area contributed by atoms with E-state index in [4.69, 9.17) is 5.11 Å².